The van der Waals surface area contributed by atoms with Crippen LogP contribution in [0.4, 0.5) is 10.5 Å². The maximum Gasteiger partial charge on any atom is 0.293 e. The third-order valence-electron chi connectivity index (χ3n) is 5.58. The van der Waals surface area contributed by atoms with E-state index in [0.29, 0.717) is 22.6 Å². The Morgan fingerprint density at radius 2 is 1.61 bits per heavy atom. The standard InChI is InChI=1S/C27H25N5O3S/c28-25(31-29)21-12-14-22(15-13-21)30-24(33)7-4-16-32-26(34)23(36-27(32)35)17-18-8-10-20(11-9-18)19-5-2-1-3-6-19/h1-3,5-6,8-15,17H,4,7,16,29H2,(H2,28,31)(H,30,33)/b23-17-. The number of nitrogens with two attached hydrogens (primary N) is 2. The summed E-state index contributed by atoms with van der Waals surface area (Å²) in [5, 5.41) is 5.87. The van der Waals surface area contributed by atoms with Crippen molar-refractivity contribution < 1.29 is 14.4 Å². The van der Waals surface area contributed by atoms with Gasteiger partial charge in [-0.3, -0.25) is 19.3 Å². The van der Waals surface area contributed by atoms with Gasteiger partial charge in [0.25, 0.3) is 11.1 Å². The van der Waals surface area contributed by atoms with Gasteiger partial charge < -0.3 is 16.9 Å². The van der Waals surface area contributed by atoms with Crippen LogP contribution in [0.1, 0.15) is 24.0 Å². The third kappa shape index (κ3) is 6.00. The summed E-state index contributed by atoms with van der Waals surface area (Å²) in [5.74, 6) is 4.80. The summed E-state index contributed by atoms with van der Waals surface area (Å²) in [5.41, 5.74) is 9.91. The Bertz CT molecular complexity index is 1320. The van der Waals surface area contributed by atoms with Gasteiger partial charge in [0, 0.05) is 24.2 Å². The zero-order valence-electron chi connectivity index (χ0n) is 19.4. The largest absolute Gasteiger partial charge is 0.382 e. The minimum Gasteiger partial charge on any atom is -0.382 e. The number of imide groups is 1. The van der Waals surface area contributed by atoms with E-state index in [2.05, 4.69) is 10.4 Å². The number of benzene rings is 3. The second-order valence-corrected chi connectivity index (χ2v) is 9.06. The van der Waals surface area contributed by atoms with Crippen molar-refractivity contribution in [3.8, 4) is 11.1 Å². The SMILES string of the molecule is N/N=C(\N)c1ccc(NC(=O)CCCN2C(=O)S/C(=C\c3ccc(-c4ccccc4)cc3)C2=O)cc1. The molecule has 0 aliphatic carbocycles. The lowest BCUT2D eigenvalue weighted by Gasteiger charge is -2.12. The van der Waals surface area contributed by atoms with Crippen molar-refractivity contribution in [3.05, 3.63) is 94.9 Å². The van der Waals surface area contributed by atoms with E-state index in [0.717, 1.165) is 28.5 Å². The van der Waals surface area contributed by atoms with Gasteiger partial charge in [-0.15, -0.1) is 0 Å². The molecule has 0 atom stereocenters. The zero-order chi connectivity index (χ0) is 25.5. The number of hydrazone groups is 1. The second kappa shape index (κ2) is 11.4. The molecule has 1 aliphatic heterocycles. The average Bonchev–Trinajstić information content (AvgIpc) is 3.17. The minimum atomic E-state index is -0.340. The number of carbonyl (C=O) groups is 3. The van der Waals surface area contributed by atoms with E-state index in [4.69, 9.17) is 11.6 Å². The van der Waals surface area contributed by atoms with Crippen molar-refractivity contribution in [2.45, 2.75) is 12.8 Å². The van der Waals surface area contributed by atoms with Gasteiger partial charge >= 0.3 is 0 Å². The fourth-order valence-electron chi connectivity index (χ4n) is 3.67. The first kappa shape index (κ1) is 24.7. The van der Waals surface area contributed by atoms with E-state index in [-0.39, 0.29) is 35.9 Å². The van der Waals surface area contributed by atoms with Gasteiger partial charge in [0.1, 0.15) is 5.84 Å². The van der Waals surface area contributed by atoms with Crippen molar-refractivity contribution >= 4 is 46.4 Å². The summed E-state index contributed by atoms with van der Waals surface area (Å²) in [7, 11) is 0. The summed E-state index contributed by atoms with van der Waals surface area (Å²) < 4.78 is 0. The molecule has 0 aromatic heterocycles. The van der Waals surface area contributed by atoms with Crippen LogP contribution in [0.15, 0.2) is 88.9 Å². The van der Waals surface area contributed by atoms with Gasteiger partial charge in [-0.25, -0.2) is 0 Å². The van der Waals surface area contributed by atoms with Crippen molar-refractivity contribution in [2.24, 2.45) is 16.7 Å². The molecule has 5 N–H and O–H groups in total. The number of hydrogen-bond acceptors (Lipinski definition) is 6. The lowest BCUT2D eigenvalue weighted by Crippen LogP contribution is -2.29. The van der Waals surface area contributed by atoms with Crippen LogP contribution in [0.2, 0.25) is 0 Å². The molecule has 0 saturated carbocycles. The molecule has 0 bridgehead atoms. The number of thioether (sulfide) groups is 1. The van der Waals surface area contributed by atoms with Gasteiger partial charge in [-0.1, -0.05) is 54.6 Å². The molecule has 0 unspecified atom stereocenters. The van der Waals surface area contributed by atoms with Crippen molar-refractivity contribution in [3.63, 3.8) is 0 Å². The highest BCUT2D eigenvalue weighted by Crippen LogP contribution is 2.32. The van der Waals surface area contributed by atoms with Crippen LogP contribution in [0.3, 0.4) is 0 Å². The quantitative estimate of drug-likeness (QED) is 0.139. The lowest BCUT2D eigenvalue weighted by atomic mass is 10.0. The molecule has 0 spiro atoms. The summed E-state index contributed by atoms with van der Waals surface area (Å²) >= 11 is 0.913. The van der Waals surface area contributed by atoms with Crippen molar-refractivity contribution in [2.75, 3.05) is 11.9 Å². The van der Waals surface area contributed by atoms with Crippen LogP contribution in [-0.2, 0) is 9.59 Å². The molecule has 3 aromatic carbocycles. The predicted molar refractivity (Wildman–Crippen MR) is 144 cm³/mol. The first-order valence-corrected chi connectivity index (χ1v) is 12.1. The van der Waals surface area contributed by atoms with E-state index in [9.17, 15) is 14.4 Å². The summed E-state index contributed by atoms with van der Waals surface area (Å²) in [6, 6.07) is 24.6. The molecule has 182 valence electrons. The smallest absolute Gasteiger partial charge is 0.293 e. The van der Waals surface area contributed by atoms with Crippen molar-refractivity contribution in [1.29, 1.82) is 0 Å². The number of amides is 3. The highest BCUT2D eigenvalue weighted by Gasteiger charge is 2.34. The maximum absolute atomic E-state index is 12.8. The zero-order valence-corrected chi connectivity index (χ0v) is 20.2. The van der Waals surface area contributed by atoms with Gasteiger partial charge in [0.05, 0.1) is 4.91 Å². The van der Waals surface area contributed by atoms with Crippen LogP contribution < -0.4 is 16.9 Å². The first-order chi connectivity index (χ1) is 17.4. The summed E-state index contributed by atoms with van der Waals surface area (Å²) in [4.78, 5) is 39.0. The summed E-state index contributed by atoms with van der Waals surface area (Å²) in [6.07, 6.45) is 2.24. The molecule has 3 aromatic rings. The number of amidine groups is 1. The van der Waals surface area contributed by atoms with Crippen LogP contribution in [0.5, 0.6) is 0 Å². The van der Waals surface area contributed by atoms with Gasteiger partial charge in [0.2, 0.25) is 5.91 Å². The Labute approximate surface area is 213 Å². The van der Waals surface area contributed by atoms with Crippen LogP contribution in [0, 0.1) is 0 Å². The number of nitrogens with one attached hydrogen (secondary N) is 1. The average molecular weight is 500 g/mol. The normalized spacial score (nSPS) is 14.9. The molecular weight excluding hydrogens is 474 g/mol. The fraction of sp³-hybridized carbons (Fsp3) is 0.111. The Hall–Kier alpha value is -4.37. The van der Waals surface area contributed by atoms with E-state index >= 15 is 0 Å². The molecule has 1 heterocycles. The molecule has 1 saturated heterocycles. The van der Waals surface area contributed by atoms with Crippen LogP contribution in [0.25, 0.3) is 17.2 Å². The molecule has 8 nitrogen and oxygen atoms in total. The third-order valence-corrected chi connectivity index (χ3v) is 6.49. The van der Waals surface area contributed by atoms with Gasteiger partial charge in [-0.05, 0) is 65.2 Å². The highest BCUT2D eigenvalue weighted by atomic mass is 32.2. The molecule has 4 rings (SSSR count). The topological polar surface area (TPSA) is 131 Å². The number of rotatable bonds is 8. The second-order valence-electron chi connectivity index (χ2n) is 8.06. The van der Waals surface area contributed by atoms with Crippen LogP contribution >= 0.6 is 11.8 Å². The Morgan fingerprint density at radius 3 is 2.28 bits per heavy atom. The number of nitrogens with zero attached hydrogens (tertiary/aromatic N) is 2. The molecular formula is C27H25N5O3S. The van der Waals surface area contributed by atoms with E-state index in [1.54, 1.807) is 30.3 Å². The molecule has 1 aliphatic rings. The molecule has 0 radical (unpaired) electrons. The molecule has 3 amide bonds. The number of carbonyl (C=O) groups excluding carboxylic acids is 3. The Balaban J connectivity index is 1.29. The number of anilines is 1. The molecule has 9 heteroatoms. The monoisotopic (exact) mass is 499 g/mol. The lowest BCUT2D eigenvalue weighted by molar-refractivity contribution is -0.123. The Kier molecular flexibility index (Phi) is 7.82. The highest BCUT2D eigenvalue weighted by molar-refractivity contribution is 8.18. The van der Waals surface area contributed by atoms with Crippen molar-refractivity contribution in [1.82, 2.24) is 4.90 Å². The Morgan fingerprint density at radius 1 is 0.944 bits per heavy atom. The predicted octanol–water partition coefficient (Wildman–Crippen LogP) is 4.39. The summed E-state index contributed by atoms with van der Waals surface area (Å²) in [6.45, 7) is 0.171. The van der Waals surface area contributed by atoms with Gasteiger partial charge in [0.15, 0.2) is 0 Å². The maximum atomic E-state index is 12.8. The first-order valence-electron chi connectivity index (χ1n) is 11.3. The molecule has 1 fully saturated rings. The van der Waals surface area contributed by atoms with E-state index in [1.807, 2.05) is 54.6 Å². The van der Waals surface area contributed by atoms with Crippen LogP contribution in [-0.4, -0.2) is 34.3 Å². The fourth-order valence-corrected chi connectivity index (χ4v) is 4.53. The molecule has 36 heavy (non-hydrogen) atoms. The minimum absolute atomic E-state index is 0.163. The van der Waals surface area contributed by atoms with E-state index < -0.39 is 0 Å². The van der Waals surface area contributed by atoms with E-state index in [1.165, 1.54) is 4.90 Å². The number of hydrogen-bond donors (Lipinski definition) is 3. The van der Waals surface area contributed by atoms with Gasteiger partial charge in [-0.2, -0.15) is 5.10 Å².